The van der Waals surface area contributed by atoms with E-state index in [1.54, 1.807) is 17.4 Å². The molecule has 3 nitrogen and oxygen atoms in total. The second-order valence-corrected chi connectivity index (χ2v) is 5.89. The first kappa shape index (κ1) is 14.4. The molecule has 1 aromatic carbocycles. The molecule has 2 rings (SSSR count). The van der Waals surface area contributed by atoms with Crippen LogP contribution in [0.4, 0.5) is 0 Å². The first-order valence-electron chi connectivity index (χ1n) is 6.08. The molecule has 2 N–H and O–H groups in total. The molecule has 0 aliphatic carbocycles. The Labute approximate surface area is 125 Å². The van der Waals surface area contributed by atoms with Crippen LogP contribution in [0.1, 0.15) is 17.4 Å². The zero-order valence-corrected chi connectivity index (χ0v) is 13.1. The average molecular weight is 342 g/mol. The van der Waals surface area contributed by atoms with Crippen molar-refractivity contribution < 1.29 is 9.84 Å². The molecule has 0 fully saturated rings. The number of benzene rings is 1. The van der Waals surface area contributed by atoms with Crippen LogP contribution < -0.4 is 10.1 Å². The number of phenols is 1. The molecule has 19 heavy (non-hydrogen) atoms. The predicted molar refractivity (Wildman–Crippen MR) is 81.8 cm³/mol. The Morgan fingerprint density at radius 3 is 2.84 bits per heavy atom. The summed E-state index contributed by atoms with van der Waals surface area (Å²) in [6, 6.07) is 7.49. The van der Waals surface area contributed by atoms with Gasteiger partial charge >= 0.3 is 0 Å². The Morgan fingerprint density at radius 2 is 2.16 bits per heavy atom. The summed E-state index contributed by atoms with van der Waals surface area (Å²) in [5.41, 5.74) is 1.09. The van der Waals surface area contributed by atoms with Crippen LogP contribution in [0, 0.1) is 0 Å². The Hall–Kier alpha value is -1.04. The monoisotopic (exact) mass is 341 g/mol. The van der Waals surface area contributed by atoms with Crippen molar-refractivity contribution in [1.29, 1.82) is 0 Å². The predicted octanol–water partition coefficient (Wildman–Crippen LogP) is 3.90. The first-order chi connectivity index (χ1) is 9.20. The number of nitrogens with one attached hydrogen (secondary N) is 1. The summed E-state index contributed by atoms with van der Waals surface area (Å²) in [5, 5.41) is 15.1. The Balaban J connectivity index is 1.92. The molecule has 1 heterocycles. The average Bonchev–Trinajstić information content (AvgIpc) is 2.79. The van der Waals surface area contributed by atoms with Crippen molar-refractivity contribution in [2.75, 3.05) is 6.61 Å². The van der Waals surface area contributed by atoms with Gasteiger partial charge in [-0.2, -0.15) is 0 Å². The summed E-state index contributed by atoms with van der Waals surface area (Å²) in [4.78, 5) is 1.28. The summed E-state index contributed by atoms with van der Waals surface area (Å²) in [5.74, 6) is 0.728. The standard InChI is InChI=1S/C14H16BrNO2S/c1-2-18-13-7-10(3-4-12(13)17)8-16-9-14-11(15)5-6-19-14/h3-7,16-17H,2,8-9H2,1H3. The largest absolute Gasteiger partial charge is 0.504 e. The van der Waals surface area contributed by atoms with Crippen LogP contribution >= 0.6 is 27.3 Å². The molecule has 0 radical (unpaired) electrons. The van der Waals surface area contributed by atoms with Crippen molar-refractivity contribution in [3.63, 3.8) is 0 Å². The van der Waals surface area contributed by atoms with E-state index in [1.165, 1.54) is 4.88 Å². The van der Waals surface area contributed by atoms with Crippen LogP contribution in [0.25, 0.3) is 0 Å². The molecule has 0 unspecified atom stereocenters. The highest BCUT2D eigenvalue weighted by molar-refractivity contribution is 9.10. The Bertz CT molecular complexity index is 542. The van der Waals surface area contributed by atoms with Gasteiger partial charge in [0.2, 0.25) is 0 Å². The lowest BCUT2D eigenvalue weighted by Gasteiger charge is -2.09. The summed E-state index contributed by atoms with van der Waals surface area (Å²) >= 11 is 5.24. The molecule has 0 bridgehead atoms. The van der Waals surface area contributed by atoms with E-state index < -0.39 is 0 Å². The zero-order chi connectivity index (χ0) is 13.7. The van der Waals surface area contributed by atoms with Gasteiger partial charge in [-0.1, -0.05) is 6.07 Å². The van der Waals surface area contributed by atoms with Gasteiger partial charge in [-0.15, -0.1) is 11.3 Å². The van der Waals surface area contributed by atoms with Crippen molar-refractivity contribution in [3.8, 4) is 11.5 Å². The number of hydrogen-bond donors (Lipinski definition) is 2. The molecular weight excluding hydrogens is 326 g/mol. The number of hydrogen-bond acceptors (Lipinski definition) is 4. The molecule has 5 heteroatoms. The van der Waals surface area contributed by atoms with E-state index in [4.69, 9.17) is 4.74 Å². The number of ether oxygens (including phenoxy) is 1. The zero-order valence-electron chi connectivity index (χ0n) is 10.6. The van der Waals surface area contributed by atoms with Gasteiger partial charge in [0.05, 0.1) is 6.61 Å². The molecule has 0 amide bonds. The minimum atomic E-state index is 0.187. The van der Waals surface area contributed by atoms with Gasteiger partial charge in [0.1, 0.15) is 0 Å². The van der Waals surface area contributed by atoms with Gasteiger partial charge in [-0.25, -0.2) is 0 Å². The number of halogens is 1. The lowest BCUT2D eigenvalue weighted by Crippen LogP contribution is -2.12. The van der Waals surface area contributed by atoms with Crippen LogP contribution in [0.3, 0.4) is 0 Å². The maximum absolute atomic E-state index is 9.63. The number of aromatic hydroxyl groups is 1. The third-order valence-electron chi connectivity index (χ3n) is 2.63. The van der Waals surface area contributed by atoms with E-state index >= 15 is 0 Å². The van der Waals surface area contributed by atoms with E-state index in [0.29, 0.717) is 12.4 Å². The Kier molecular flexibility index (Phi) is 5.24. The third kappa shape index (κ3) is 3.96. The SMILES string of the molecule is CCOc1cc(CNCc2sccc2Br)ccc1O. The first-order valence-corrected chi connectivity index (χ1v) is 7.75. The van der Waals surface area contributed by atoms with E-state index in [2.05, 4.69) is 32.7 Å². The van der Waals surface area contributed by atoms with E-state index in [9.17, 15) is 5.11 Å². The van der Waals surface area contributed by atoms with Gasteiger partial charge in [0.15, 0.2) is 11.5 Å². The maximum Gasteiger partial charge on any atom is 0.161 e. The topological polar surface area (TPSA) is 41.5 Å². The fourth-order valence-corrected chi connectivity index (χ4v) is 3.17. The fourth-order valence-electron chi connectivity index (χ4n) is 1.71. The lowest BCUT2D eigenvalue weighted by molar-refractivity contribution is 0.317. The molecule has 0 aliphatic rings. The summed E-state index contributed by atoms with van der Waals surface area (Å²) in [7, 11) is 0. The molecule has 0 saturated carbocycles. The summed E-state index contributed by atoms with van der Waals surface area (Å²) in [6.07, 6.45) is 0. The third-order valence-corrected chi connectivity index (χ3v) is 4.56. The molecule has 0 aliphatic heterocycles. The van der Waals surface area contributed by atoms with E-state index in [0.717, 1.165) is 23.1 Å². The number of thiophene rings is 1. The van der Waals surface area contributed by atoms with Crippen LogP contribution in [-0.4, -0.2) is 11.7 Å². The van der Waals surface area contributed by atoms with Crippen LogP contribution in [0.5, 0.6) is 11.5 Å². The van der Waals surface area contributed by atoms with Crippen molar-refractivity contribution in [2.45, 2.75) is 20.0 Å². The van der Waals surface area contributed by atoms with Gasteiger partial charge in [0, 0.05) is 22.4 Å². The smallest absolute Gasteiger partial charge is 0.161 e. The molecule has 102 valence electrons. The van der Waals surface area contributed by atoms with Crippen molar-refractivity contribution in [2.24, 2.45) is 0 Å². The van der Waals surface area contributed by atoms with Crippen molar-refractivity contribution >= 4 is 27.3 Å². The highest BCUT2D eigenvalue weighted by atomic mass is 79.9. The minimum absolute atomic E-state index is 0.187. The molecular formula is C14H16BrNO2S. The molecule has 2 aromatic rings. The van der Waals surface area contributed by atoms with E-state index in [-0.39, 0.29) is 5.75 Å². The number of phenolic OH excluding ortho intramolecular Hbond substituents is 1. The molecule has 0 spiro atoms. The normalized spacial score (nSPS) is 10.6. The lowest BCUT2D eigenvalue weighted by atomic mass is 10.2. The number of rotatable bonds is 6. The molecule has 0 saturated heterocycles. The van der Waals surface area contributed by atoms with Crippen LogP contribution in [0.2, 0.25) is 0 Å². The highest BCUT2D eigenvalue weighted by Gasteiger charge is 2.04. The second-order valence-electron chi connectivity index (χ2n) is 4.03. The van der Waals surface area contributed by atoms with Gasteiger partial charge in [0.25, 0.3) is 0 Å². The van der Waals surface area contributed by atoms with Crippen molar-refractivity contribution in [3.05, 3.63) is 44.6 Å². The summed E-state index contributed by atoms with van der Waals surface area (Å²) in [6.45, 7) is 4.01. The van der Waals surface area contributed by atoms with Crippen molar-refractivity contribution in [1.82, 2.24) is 5.32 Å². The quantitative estimate of drug-likeness (QED) is 0.836. The van der Waals surface area contributed by atoms with Gasteiger partial charge in [-0.05, 0) is 52.0 Å². The second kappa shape index (κ2) is 6.93. The Morgan fingerprint density at radius 1 is 1.32 bits per heavy atom. The van der Waals surface area contributed by atoms with Gasteiger partial charge < -0.3 is 15.2 Å². The molecule has 0 atom stereocenters. The van der Waals surface area contributed by atoms with Crippen LogP contribution in [0.15, 0.2) is 34.1 Å². The highest BCUT2D eigenvalue weighted by Crippen LogP contribution is 2.27. The van der Waals surface area contributed by atoms with Gasteiger partial charge in [-0.3, -0.25) is 0 Å². The maximum atomic E-state index is 9.63. The molecule has 1 aromatic heterocycles. The minimum Gasteiger partial charge on any atom is -0.504 e. The fraction of sp³-hybridized carbons (Fsp3) is 0.286. The van der Waals surface area contributed by atoms with Crippen LogP contribution in [-0.2, 0) is 13.1 Å². The summed E-state index contributed by atoms with van der Waals surface area (Å²) < 4.78 is 6.51. The van der Waals surface area contributed by atoms with E-state index in [1.807, 2.05) is 19.1 Å².